The van der Waals surface area contributed by atoms with Crippen molar-refractivity contribution >= 4 is 106 Å². The van der Waals surface area contributed by atoms with Crippen molar-refractivity contribution in [1.82, 2.24) is 82.4 Å². The Bertz CT molecular complexity index is 3540. The van der Waals surface area contributed by atoms with E-state index in [9.17, 15) is 82.4 Å². The molecule has 1 aliphatic heterocycles. The number of hydrogen-bond acceptors (Lipinski definition) is 20. The Balaban J connectivity index is 1.27. The normalized spacial score (nSPS) is 15.6. The third kappa shape index (κ3) is 29.5. The highest BCUT2D eigenvalue weighted by Crippen LogP contribution is 2.20. The zero-order valence-electron chi connectivity index (χ0n) is 58.8. The Kier molecular flexibility index (Phi) is 34.4. The molecule has 103 heavy (non-hydrogen) atoms. The van der Waals surface area contributed by atoms with Crippen LogP contribution in [0.5, 0.6) is 0 Å². The Morgan fingerprint density at radius 3 is 1.63 bits per heavy atom. The Morgan fingerprint density at radius 1 is 0.544 bits per heavy atom. The number of para-hydroxylation sites is 1. The molecule has 1 aliphatic rings. The predicted octanol–water partition coefficient (Wildman–Crippen LogP) is -3.18. The van der Waals surface area contributed by atoms with E-state index in [-0.39, 0.29) is 134 Å². The molecule has 3 heterocycles. The van der Waals surface area contributed by atoms with Gasteiger partial charge in [0.2, 0.25) is 59.1 Å². The van der Waals surface area contributed by atoms with Gasteiger partial charge in [-0.25, -0.2) is 4.98 Å². The first-order chi connectivity index (χ1) is 48.9. The van der Waals surface area contributed by atoms with E-state index in [4.69, 9.17) is 11.5 Å². The number of nitrogens with one attached hydrogen (secondary N) is 11. The summed E-state index contributed by atoms with van der Waals surface area (Å²) in [5.74, 6) is -12.2. The molecule has 36 heteroatoms. The third-order valence-electron chi connectivity index (χ3n) is 16.8. The highest BCUT2D eigenvalue weighted by atomic mass is 32.2. The van der Waals surface area contributed by atoms with Gasteiger partial charge in [0.25, 0.3) is 5.91 Å². The van der Waals surface area contributed by atoms with Crippen LogP contribution in [0.3, 0.4) is 0 Å². The molecule has 1 saturated heterocycles. The number of hydrogen-bond donors (Lipinski definition) is 16. The van der Waals surface area contributed by atoms with Crippen molar-refractivity contribution in [3.8, 4) is 0 Å². The van der Waals surface area contributed by atoms with E-state index in [1.807, 2.05) is 20.1 Å². The molecular formula is C67H98N18O17S. The van der Waals surface area contributed by atoms with Gasteiger partial charge in [0.15, 0.2) is 0 Å². The zero-order chi connectivity index (χ0) is 75.9. The molecule has 5 rings (SSSR count). The van der Waals surface area contributed by atoms with Crippen LogP contribution in [0.15, 0.2) is 67.3 Å². The number of rotatable bonds is 40. The number of carboxylic acid groups (broad SMARTS) is 3. The minimum atomic E-state index is -1.53. The largest absolute Gasteiger partial charge is 0.480 e. The lowest BCUT2D eigenvalue weighted by Gasteiger charge is -2.32. The van der Waals surface area contributed by atoms with E-state index >= 15 is 0 Å². The Hall–Kier alpha value is -10.0. The highest BCUT2D eigenvalue weighted by molar-refractivity contribution is 7.98. The monoisotopic (exact) mass is 1460 g/mol. The van der Waals surface area contributed by atoms with Crippen LogP contribution in [-0.4, -0.2) is 272 Å². The molecule has 2 unspecified atom stereocenters. The van der Waals surface area contributed by atoms with Gasteiger partial charge >= 0.3 is 17.9 Å². The molecule has 35 nitrogen and oxygen atoms in total. The first-order valence-corrected chi connectivity index (χ1v) is 35.2. The minimum absolute atomic E-state index is 0.00546. The summed E-state index contributed by atoms with van der Waals surface area (Å²) in [6, 6.07) is 4.08. The van der Waals surface area contributed by atoms with Gasteiger partial charge in [0.05, 0.1) is 39.1 Å². The molecular weight excluding hydrogens is 1360 g/mol. The van der Waals surface area contributed by atoms with Crippen molar-refractivity contribution in [2.24, 2.45) is 23.3 Å². The molecule has 0 aliphatic carbocycles. The number of aromatic nitrogens is 3. The smallest absolute Gasteiger partial charge is 0.317 e. The number of H-pyrrole nitrogens is 2. The number of carbonyl (C=O) groups excluding carboxylic acids is 11. The predicted molar refractivity (Wildman–Crippen MR) is 378 cm³/mol. The van der Waals surface area contributed by atoms with Gasteiger partial charge in [-0.05, 0) is 73.3 Å². The second-order valence-corrected chi connectivity index (χ2v) is 26.9. The minimum Gasteiger partial charge on any atom is -0.480 e. The number of benzene rings is 2. The van der Waals surface area contributed by atoms with Crippen molar-refractivity contribution in [3.63, 3.8) is 0 Å². The van der Waals surface area contributed by atoms with E-state index in [0.29, 0.717) is 27.9 Å². The summed E-state index contributed by atoms with van der Waals surface area (Å²) in [6.07, 6.45) is 5.60. The van der Waals surface area contributed by atoms with Gasteiger partial charge < -0.3 is 84.6 Å². The molecule has 2 aromatic heterocycles. The molecule has 4 aromatic rings. The number of aromatic amines is 2. The fraction of sp³-hybridized carbons (Fsp3) is 0.537. The fourth-order valence-corrected chi connectivity index (χ4v) is 11.7. The van der Waals surface area contributed by atoms with E-state index in [2.05, 4.69) is 62.8 Å². The van der Waals surface area contributed by atoms with Gasteiger partial charge in [-0.1, -0.05) is 64.1 Å². The number of carbonyl (C=O) groups is 14. The molecule has 0 saturated carbocycles. The summed E-state index contributed by atoms with van der Waals surface area (Å²) in [4.78, 5) is 203. The third-order valence-corrected chi connectivity index (χ3v) is 17.5. The van der Waals surface area contributed by atoms with E-state index < -0.39 is 144 Å². The maximum Gasteiger partial charge on any atom is 0.317 e. The Labute approximate surface area is 600 Å². The zero-order valence-corrected chi connectivity index (χ0v) is 59.6. The first kappa shape index (κ1) is 83.6. The van der Waals surface area contributed by atoms with Crippen molar-refractivity contribution < 1.29 is 82.4 Å². The summed E-state index contributed by atoms with van der Waals surface area (Å²) < 4.78 is 0. The number of fused-ring (bicyclic) bond motifs is 1. The highest BCUT2D eigenvalue weighted by Gasteiger charge is 2.35. The van der Waals surface area contributed by atoms with E-state index in [1.54, 1.807) is 76.0 Å². The van der Waals surface area contributed by atoms with Crippen molar-refractivity contribution in [1.29, 1.82) is 0 Å². The molecule has 0 radical (unpaired) electrons. The number of primary amides is 2. The quantitative estimate of drug-likeness (QED) is 0.0209. The average Bonchev–Trinajstić information content (AvgIpc) is 1.74. The molecule has 0 spiro atoms. The van der Waals surface area contributed by atoms with Gasteiger partial charge in [0, 0.05) is 113 Å². The number of nitrogens with two attached hydrogens (primary N) is 2. The number of carboxylic acids is 3. The summed E-state index contributed by atoms with van der Waals surface area (Å²) in [5.41, 5.74) is 13.1. The lowest BCUT2D eigenvalue weighted by molar-refractivity contribution is -0.140. The number of amides is 11. The van der Waals surface area contributed by atoms with Crippen LogP contribution in [0.25, 0.3) is 10.9 Å². The molecule has 11 amide bonds. The number of thioether (sulfide) groups is 1. The lowest BCUT2D eigenvalue weighted by Crippen LogP contribution is -2.59. The fourth-order valence-electron chi connectivity index (χ4n) is 11.2. The summed E-state index contributed by atoms with van der Waals surface area (Å²) >= 11 is 1.45. The van der Waals surface area contributed by atoms with Crippen molar-refractivity contribution in [3.05, 3.63) is 89.6 Å². The maximum atomic E-state index is 14.6. The number of nitrogens with zero attached hydrogens (tertiary/aromatic N) is 5. The second-order valence-electron chi connectivity index (χ2n) is 25.9. The van der Waals surface area contributed by atoms with Crippen LogP contribution in [0, 0.1) is 11.8 Å². The van der Waals surface area contributed by atoms with Crippen LogP contribution in [0.2, 0.25) is 0 Å². The van der Waals surface area contributed by atoms with Crippen molar-refractivity contribution in [2.45, 2.75) is 122 Å². The van der Waals surface area contributed by atoms with Gasteiger partial charge in [-0.3, -0.25) is 86.7 Å². The van der Waals surface area contributed by atoms with E-state index in [1.165, 1.54) is 43.3 Å². The SMILES string of the molecule is CSCC[C@H](NC(=O)[C@H](CC(C)C)NC(=O)[C@H](Cc1cnc[nH]1)NC(=O)CNC(=O)[C@@H](NC(=O)C(C)NC(=O)[C@H](Cc1c[nH]c2ccccc12)NC(=O)C(CCC(N)=O)NC(=O)c1ccccc1CNC(=O)CN1CCN(CC(=O)O)CCN(CC(=O)O)CCN(CC(=O)O)CC1)C(C)C)C(N)=O. The Morgan fingerprint density at radius 2 is 1.08 bits per heavy atom. The van der Waals surface area contributed by atoms with Crippen LogP contribution in [0.1, 0.15) is 87.5 Å². The van der Waals surface area contributed by atoms with Crippen LogP contribution >= 0.6 is 11.8 Å². The maximum absolute atomic E-state index is 14.6. The van der Waals surface area contributed by atoms with Gasteiger partial charge in [-0.15, -0.1) is 0 Å². The topological polar surface area (TPSA) is 517 Å². The van der Waals surface area contributed by atoms with Crippen LogP contribution < -0.4 is 59.3 Å². The van der Waals surface area contributed by atoms with Gasteiger partial charge in [0.1, 0.15) is 42.3 Å². The average molecular weight is 1460 g/mol. The first-order valence-electron chi connectivity index (χ1n) is 33.8. The molecule has 7 atom stereocenters. The molecule has 18 N–H and O–H groups in total. The molecule has 564 valence electrons. The molecule has 1 fully saturated rings. The summed E-state index contributed by atoms with van der Waals surface area (Å²) in [7, 11) is 0. The molecule has 0 bridgehead atoms. The lowest BCUT2D eigenvalue weighted by atomic mass is 10.0. The standard InChI is InChI=1S/C67H98N18O17S/c1-39(2)27-50(65(100)77-48(60(69)95)17-26-103-6)79-66(101)52(29-44-32-70-38-74-44)76-54(87)33-73-67(102)59(40(3)4)81-61(96)41(5)75-64(99)51(28-43-31-71-47-14-10-9-12-45(43)47)80-63(98)49(15-16-53(68)86)78-62(97)46-13-8-7-11-42(46)30-72-55(88)34-82-18-20-83(35-56(89)90)22-24-85(37-58(93)94)25-23-84(21-19-82)36-57(91)92/h7-14,31-32,38-41,48-52,59,71H,15-30,33-37H2,1-6H3,(H2,68,86)(H2,69,95)(H,70,74)(H,72,88)(H,73,102)(H,75,99)(H,76,87)(H,77,100)(H,78,97)(H,79,101)(H,80,98)(H,81,96)(H,89,90)(H,91,92)(H,93,94)/t41?,48-,49?,50-,51-,52-,59-/m0/s1. The molecule has 2 aromatic carbocycles. The number of aliphatic carboxylic acids is 3. The summed E-state index contributed by atoms with van der Waals surface area (Å²) in [6.45, 7) is 7.32. The van der Waals surface area contributed by atoms with Crippen LogP contribution in [-0.2, 0) is 81.7 Å². The van der Waals surface area contributed by atoms with Gasteiger partial charge in [-0.2, -0.15) is 11.8 Å². The second kappa shape index (κ2) is 42.4. The van der Waals surface area contributed by atoms with Crippen molar-refractivity contribution in [2.75, 3.05) is 97.1 Å². The van der Waals surface area contributed by atoms with E-state index in [0.717, 1.165) is 0 Å². The van der Waals surface area contributed by atoms with Crippen LogP contribution in [0.4, 0.5) is 0 Å². The summed E-state index contributed by atoms with van der Waals surface area (Å²) in [5, 5.41) is 53.3. The number of imidazole rings is 1.